The van der Waals surface area contributed by atoms with Gasteiger partial charge >= 0.3 is 0 Å². The average molecular weight is 288 g/mol. The van der Waals surface area contributed by atoms with Crippen LogP contribution < -0.4 is 5.32 Å². The molecule has 0 radical (unpaired) electrons. The zero-order valence-electron chi connectivity index (χ0n) is 11.3. The van der Waals surface area contributed by atoms with Gasteiger partial charge < -0.3 is 10.2 Å². The normalized spacial score (nSPS) is 17.2. The van der Waals surface area contributed by atoms with Crippen LogP contribution in [0.25, 0.3) is 0 Å². The number of hydrogen-bond donors (Lipinski definition) is 2. The summed E-state index contributed by atoms with van der Waals surface area (Å²) in [5.74, 6) is -0.194. The lowest BCUT2D eigenvalue weighted by atomic mass is 10.0. The van der Waals surface area contributed by atoms with Gasteiger partial charge in [0.1, 0.15) is 5.82 Å². The van der Waals surface area contributed by atoms with Gasteiger partial charge in [-0.1, -0.05) is 17.3 Å². The van der Waals surface area contributed by atoms with Crippen molar-refractivity contribution in [3.8, 4) is 0 Å². The topological polar surface area (TPSA) is 79.4 Å². The summed E-state index contributed by atoms with van der Waals surface area (Å²) in [4.78, 5) is 17.2. The van der Waals surface area contributed by atoms with Gasteiger partial charge in [-0.2, -0.15) is 5.10 Å². The van der Waals surface area contributed by atoms with Crippen LogP contribution in [0.15, 0.2) is 35.5 Å². The number of carbonyl (C=O) groups excluding carboxylic acids is 1. The van der Waals surface area contributed by atoms with Crippen LogP contribution in [-0.4, -0.2) is 27.9 Å². The van der Waals surface area contributed by atoms with Crippen molar-refractivity contribution in [2.75, 3.05) is 5.32 Å². The van der Waals surface area contributed by atoms with Crippen LogP contribution in [0.5, 0.6) is 0 Å². The van der Waals surface area contributed by atoms with E-state index in [1.165, 1.54) is 12.1 Å². The van der Waals surface area contributed by atoms with Crippen molar-refractivity contribution < 1.29 is 14.0 Å². The third-order valence-electron chi connectivity index (χ3n) is 3.10. The molecule has 1 unspecified atom stereocenters. The van der Waals surface area contributed by atoms with Gasteiger partial charge in [0.15, 0.2) is 5.82 Å². The number of carbonyl (C=O) groups is 1. The molecule has 0 saturated carbocycles. The molecule has 108 valence electrons. The molecule has 1 aliphatic heterocycles. The Kier molecular flexibility index (Phi) is 3.39. The van der Waals surface area contributed by atoms with Gasteiger partial charge in [0.2, 0.25) is 6.10 Å². The summed E-state index contributed by atoms with van der Waals surface area (Å²) in [6.07, 6.45) is -0.372. The van der Waals surface area contributed by atoms with Crippen LogP contribution in [0.4, 0.5) is 10.2 Å². The average Bonchev–Trinajstić information content (AvgIpc) is 3.09. The van der Waals surface area contributed by atoms with E-state index in [2.05, 4.69) is 20.7 Å². The molecule has 6 nitrogen and oxygen atoms in total. The van der Waals surface area contributed by atoms with E-state index >= 15 is 0 Å². The predicted molar refractivity (Wildman–Crippen MR) is 74.4 cm³/mol. The third kappa shape index (κ3) is 2.91. The van der Waals surface area contributed by atoms with Gasteiger partial charge in [0.05, 0.1) is 5.71 Å². The first kappa shape index (κ1) is 13.3. The number of rotatable bonds is 3. The highest BCUT2D eigenvalue weighted by molar-refractivity contribution is 6.05. The molecular weight excluding hydrogens is 275 g/mol. The van der Waals surface area contributed by atoms with E-state index in [0.29, 0.717) is 18.0 Å². The van der Waals surface area contributed by atoms with Crippen LogP contribution in [0.2, 0.25) is 0 Å². The maximum Gasteiger partial charge on any atom is 0.269 e. The lowest BCUT2D eigenvalue weighted by Crippen LogP contribution is -2.28. The number of benzene rings is 1. The van der Waals surface area contributed by atoms with Crippen molar-refractivity contribution >= 4 is 17.4 Å². The number of halogens is 1. The molecule has 1 aromatic heterocycles. The highest BCUT2D eigenvalue weighted by Crippen LogP contribution is 2.18. The third-order valence-corrected chi connectivity index (χ3v) is 3.10. The molecule has 0 spiro atoms. The quantitative estimate of drug-likeness (QED) is 0.906. The second-order valence-corrected chi connectivity index (χ2v) is 4.77. The second-order valence-electron chi connectivity index (χ2n) is 4.77. The largest absolute Gasteiger partial charge is 0.382 e. The minimum absolute atomic E-state index is 0.317. The van der Waals surface area contributed by atoms with E-state index in [-0.39, 0.29) is 11.7 Å². The second kappa shape index (κ2) is 5.35. The first-order valence-electron chi connectivity index (χ1n) is 6.43. The zero-order chi connectivity index (χ0) is 14.8. The summed E-state index contributed by atoms with van der Waals surface area (Å²) in [6, 6.07) is 7.62. The Morgan fingerprint density at radius 2 is 2.19 bits per heavy atom. The molecule has 0 fully saturated rings. The van der Waals surface area contributed by atoms with Crippen molar-refractivity contribution in [3.63, 3.8) is 0 Å². The fourth-order valence-electron chi connectivity index (χ4n) is 2.02. The minimum atomic E-state index is -0.706. The fraction of sp³-hybridized carbons (Fsp3) is 0.214. The lowest BCUT2D eigenvalue weighted by molar-refractivity contribution is -0.125. The van der Waals surface area contributed by atoms with Crippen LogP contribution >= 0.6 is 0 Å². The van der Waals surface area contributed by atoms with Gasteiger partial charge in [-0.25, -0.2) is 4.39 Å². The standard InChI is InChI=1S/C14H13FN4O2/c1-8-6-13(18-17-8)16-14(20)12-7-11(19-21-12)9-2-4-10(15)5-3-9/h2-6,12H,7H2,1H3,(H2,16,17,18,20). The zero-order valence-corrected chi connectivity index (χ0v) is 11.3. The Balaban J connectivity index is 1.63. The molecule has 1 atom stereocenters. The van der Waals surface area contributed by atoms with E-state index in [4.69, 9.17) is 4.84 Å². The summed E-state index contributed by atoms with van der Waals surface area (Å²) in [7, 11) is 0. The van der Waals surface area contributed by atoms with Crippen LogP contribution in [0.3, 0.4) is 0 Å². The molecule has 7 heteroatoms. The minimum Gasteiger partial charge on any atom is -0.382 e. The molecule has 2 N–H and O–H groups in total. The van der Waals surface area contributed by atoms with Crippen LogP contribution in [-0.2, 0) is 9.63 Å². The number of oxime groups is 1. The SMILES string of the molecule is Cc1cc(NC(=O)C2CC(c3ccc(F)cc3)=NO2)n[nH]1. The molecule has 0 aliphatic carbocycles. The highest BCUT2D eigenvalue weighted by atomic mass is 19.1. The first-order valence-corrected chi connectivity index (χ1v) is 6.43. The molecule has 0 bridgehead atoms. The molecule has 2 aromatic rings. The summed E-state index contributed by atoms with van der Waals surface area (Å²) < 4.78 is 12.9. The molecule has 0 saturated heterocycles. The van der Waals surface area contributed by atoms with Crippen molar-refractivity contribution in [3.05, 3.63) is 47.4 Å². The van der Waals surface area contributed by atoms with E-state index in [9.17, 15) is 9.18 Å². The number of aromatic nitrogens is 2. The van der Waals surface area contributed by atoms with Gasteiger partial charge in [0.25, 0.3) is 5.91 Å². The number of aryl methyl sites for hydroxylation is 1. The van der Waals surface area contributed by atoms with Gasteiger partial charge in [-0.3, -0.25) is 9.89 Å². The number of amides is 1. The van der Waals surface area contributed by atoms with Crippen molar-refractivity contribution in [2.24, 2.45) is 5.16 Å². The number of nitrogens with one attached hydrogen (secondary N) is 2. The van der Waals surface area contributed by atoms with E-state index in [1.54, 1.807) is 18.2 Å². The maximum atomic E-state index is 12.9. The Bertz CT molecular complexity index is 693. The van der Waals surface area contributed by atoms with E-state index in [1.807, 2.05) is 6.92 Å². The maximum absolute atomic E-state index is 12.9. The molecule has 1 aliphatic rings. The fourth-order valence-corrected chi connectivity index (χ4v) is 2.02. The summed E-state index contributed by atoms with van der Waals surface area (Å²) in [5.41, 5.74) is 2.21. The predicted octanol–water partition coefficient (Wildman–Crippen LogP) is 1.99. The number of nitrogens with zero attached hydrogens (tertiary/aromatic N) is 2. The Morgan fingerprint density at radius 1 is 1.43 bits per heavy atom. The van der Waals surface area contributed by atoms with Crippen molar-refractivity contribution in [1.82, 2.24) is 10.2 Å². The van der Waals surface area contributed by atoms with Crippen molar-refractivity contribution in [1.29, 1.82) is 0 Å². The van der Waals surface area contributed by atoms with Crippen LogP contribution in [0, 0.1) is 12.7 Å². The molecular formula is C14H13FN4O2. The highest BCUT2D eigenvalue weighted by Gasteiger charge is 2.29. The number of hydrogen-bond acceptors (Lipinski definition) is 4. The smallest absolute Gasteiger partial charge is 0.269 e. The first-order chi connectivity index (χ1) is 10.1. The van der Waals surface area contributed by atoms with Crippen LogP contribution in [0.1, 0.15) is 17.7 Å². The molecule has 1 aromatic carbocycles. The van der Waals surface area contributed by atoms with E-state index in [0.717, 1.165) is 11.3 Å². The van der Waals surface area contributed by atoms with Gasteiger partial charge in [-0.15, -0.1) is 0 Å². The monoisotopic (exact) mass is 288 g/mol. The van der Waals surface area contributed by atoms with Gasteiger partial charge in [-0.05, 0) is 24.6 Å². The van der Waals surface area contributed by atoms with E-state index < -0.39 is 6.10 Å². The molecule has 21 heavy (non-hydrogen) atoms. The number of H-pyrrole nitrogens is 1. The number of aromatic amines is 1. The molecule has 1 amide bonds. The lowest BCUT2D eigenvalue weighted by Gasteiger charge is -2.07. The molecule has 3 rings (SSSR count). The summed E-state index contributed by atoms with van der Waals surface area (Å²) in [5, 5.41) is 13.2. The Hall–Kier alpha value is -2.70. The summed E-state index contributed by atoms with van der Waals surface area (Å²) in [6.45, 7) is 1.84. The Labute approximate surface area is 120 Å². The van der Waals surface area contributed by atoms with Crippen molar-refractivity contribution in [2.45, 2.75) is 19.4 Å². The summed E-state index contributed by atoms with van der Waals surface area (Å²) >= 11 is 0. The van der Waals surface area contributed by atoms with Gasteiger partial charge in [0, 0.05) is 18.2 Å². The molecule has 2 heterocycles. The Morgan fingerprint density at radius 3 is 2.86 bits per heavy atom. The number of anilines is 1.